The van der Waals surface area contributed by atoms with E-state index in [1.807, 2.05) is 37.3 Å². The van der Waals surface area contributed by atoms with Gasteiger partial charge in [-0.1, -0.05) is 18.2 Å². The van der Waals surface area contributed by atoms with E-state index in [2.05, 4.69) is 22.4 Å². The third-order valence-electron chi connectivity index (χ3n) is 3.56. The van der Waals surface area contributed by atoms with Crippen molar-refractivity contribution in [3.63, 3.8) is 0 Å². The molecule has 0 saturated carbocycles. The van der Waals surface area contributed by atoms with Crippen molar-refractivity contribution >= 4 is 28.2 Å². The number of nitrogens with one attached hydrogen (secondary N) is 2. The predicted molar refractivity (Wildman–Crippen MR) is 90.9 cm³/mol. The molecule has 2 aromatic carbocycles. The fourth-order valence-corrected chi connectivity index (χ4v) is 2.57. The molecule has 0 aliphatic heterocycles. The number of esters is 1. The monoisotopic (exact) mass is 307 g/mol. The van der Waals surface area contributed by atoms with Crippen molar-refractivity contribution in [2.45, 2.75) is 13.8 Å². The largest absolute Gasteiger partial charge is 0.462 e. The molecule has 3 rings (SSSR count). The van der Waals surface area contributed by atoms with Gasteiger partial charge in [0.25, 0.3) is 0 Å². The standard InChI is InChI=1S/C19H18N2O2/c1-3-23-19(22)14-7-6-8-15(12-14)21-18-11-13(2)20-17-10-5-4-9-16(17)18/h4-12H,3H2,1-2H3,(H,20,21)/p+1. The van der Waals surface area contributed by atoms with Gasteiger partial charge in [0.2, 0.25) is 5.52 Å². The number of pyridine rings is 1. The van der Waals surface area contributed by atoms with Gasteiger partial charge in [-0.15, -0.1) is 0 Å². The van der Waals surface area contributed by atoms with Gasteiger partial charge in [-0.25, -0.2) is 9.78 Å². The lowest BCUT2D eigenvalue weighted by molar-refractivity contribution is -0.354. The summed E-state index contributed by atoms with van der Waals surface area (Å²) in [6.45, 7) is 4.19. The Balaban J connectivity index is 1.96. The molecule has 1 heterocycles. The first-order valence-corrected chi connectivity index (χ1v) is 7.63. The average molecular weight is 307 g/mol. The molecule has 0 spiro atoms. The normalized spacial score (nSPS) is 10.5. The summed E-state index contributed by atoms with van der Waals surface area (Å²) in [5.74, 6) is -0.307. The van der Waals surface area contributed by atoms with E-state index in [0.29, 0.717) is 12.2 Å². The summed E-state index contributed by atoms with van der Waals surface area (Å²) in [5, 5.41) is 4.49. The number of carbonyl (C=O) groups excluding carboxylic acids is 1. The SMILES string of the molecule is CCOC(=O)c1cccc(Nc2cc(C)[nH+]c3ccccc23)c1. The number of carbonyl (C=O) groups is 1. The molecule has 0 aliphatic rings. The lowest BCUT2D eigenvalue weighted by Gasteiger charge is -2.10. The number of hydrogen-bond donors (Lipinski definition) is 1. The molecule has 116 valence electrons. The van der Waals surface area contributed by atoms with Crippen molar-refractivity contribution in [1.82, 2.24) is 0 Å². The Morgan fingerprint density at radius 3 is 2.78 bits per heavy atom. The lowest BCUT2D eigenvalue weighted by Crippen LogP contribution is -2.10. The molecule has 1 aromatic heterocycles. The van der Waals surface area contributed by atoms with E-state index in [1.54, 1.807) is 19.1 Å². The van der Waals surface area contributed by atoms with Gasteiger partial charge in [0.15, 0.2) is 5.69 Å². The Kier molecular flexibility index (Phi) is 4.24. The van der Waals surface area contributed by atoms with Gasteiger partial charge in [0.1, 0.15) is 0 Å². The molecule has 3 aromatic rings. The number of H-pyrrole nitrogens is 1. The highest BCUT2D eigenvalue weighted by Gasteiger charge is 2.10. The third kappa shape index (κ3) is 3.31. The van der Waals surface area contributed by atoms with Crippen molar-refractivity contribution in [2.75, 3.05) is 11.9 Å². The van der Waals surface area contributed by atoms with Crippen LogP contribution >= 0.6 is 0 Å². The van der Waals surface area contributed by atoms with Crippen LogP contribution in [-0.4, -0.2) is 12.6 Å². The molecule has 4 heteroatoms. The molecular weight excluding hydrogens is 288 g/mol. The van der Waals surface area contributed by atoms with Crippen LogP contribution in [0.25, 0.3) is 10.9 Å². The summed E-state index contributed by atoms with van der Waals surface area (Å²) < 4.78 is 5.05. The summed E-state index contributed by atoms with van der Waals surface area (Å²) in [6.07, 6.45) is 0. The summed E-state index contributed by atoms with van der Waals surface area (Å²) in [6, 6.07) is 17.5. The molecular formula is C19H19N2O2+. The lowest BCUT2D eigenvalue weighted by atomic mass is 10.1. The molecule has 0 fully saturated rings. The predicted octanol–water partition coefficient (Wildman–Crippen LogP) is 3.88. The summed E-state index contributed by atoms with van der Waals surface area (Å²) in [4.78, 5) is 15.2. The van der Waals surface area contributed by atoms with Crippen LogP contribution in [0.2, 0.25) is 0 Å². The Labute approximate surface area is 135 Å². The number of hydrogen-bond acceptors (Lipinski definition) is 3. The number of rotatable bonds is 4. The first kappa shape index (κ1) is 15.0. The number of anilines is 2. The van der Waals surface area contributed by atoms with Crippen molar-refractivity contribution in [3.8, 4) is 0 Å². The van der Waals surface area contributed by atoms with E-state index in [1.165, 1.54) is 0 Å². The highest BCUT2D eigenvalue weighted by molar-refractivity contribution is 5.93. The maximum atomic E-state index is 11.9. The van der Waals surface area contributed by atoms with Crippen LogP contribution in [0.1, 0.15) is 23.0 Å². The third-order valence-corrected chi connectivity index (χ3v) is 3.56. The minimum Gasteiger partial charge on any atom is -0.462 e. The zero-order valence-electron chi connectivity index (χ0n) is 13.2. The fourth-order valence-electron chi connectivity index (χ4n) is 2.57. The van der Waals surface area contributed by atoms with Crippen LogP contribution in [0.5, 0.6) is 0 Å². The van der Waals surface area contributed by atoms with Gasteiger partial charge < -0.3 is 10.1 Å². The molecule has 0 unspecified atom stereocenters. The van der Waals surface area contributed by atoms with Crippen LogP contribution in [0, 0.1) is 6.92 Å². The van der Waals surface area contributed by atoms with E-state index in [-0.39, 0.29) is 5.97 Å². The van der Waals surface area contributed by atoms with Crippen LogP contribution in [0.3, 0.4) is 0 Å². The number of aromatic amines is 1. The molecule has 2 N–H and O–H groups in total. The van der Waals surface area contributed by atoms with E-state index >= 15 is 0 Å². The minimum atomic E-state index is -0.307. The highest BCUT2D eigenvalue weighted by Crippen LogP contribution is 2.25. The Hall–Kier alpha value is -2.88. The zero-order valence-corrected chi connectivity index (χ0v) is 13.2. The maximum absolute atomic E-state index is 11.9. The van der Waals surface area contributed by atoms with Crippen molar-refractivity contribution < 1.29 is 14.5 Å². The number of ether oxygens (including phenoxy) is 1. The zero-order chi connectivity index (χ0) is 16.2. The summed E-state index contributed by atoms with van der Waals surface area (Å²) in [7, 11) is 0. The minimum absolute atomic E-state index is 0.307. The van der Waals surface area contributed by atoms with E-state index in [4.69, 9.17) is 4.74 Å². The molecule has 0 atom stereocenters. The number of fused-ring (bicyclic) bond motifs is 1. The first-order valence-electron chi connectivity index (χ1n) is 7.63. The second kappa shape index (κ2) is 6.48. The smallest absolute Gasteiger partial charge is 0.338 e. The number of para-hydroxylation sites is 1. The van der Waals surface area contributed by atoms with Gasteiger partial charge in [0.05, 0.1) is 23.2 Å². The fraction of sp³-hybridized carbons (Fsp3) is 0.158. The van der Waals surface area contributed by atoms with E-state index in [0.717, 1.165) is 28.0 Å². The van der Waals surface area contributed by atoms with Crippen LogP contribution in [0.15, 0.2) is 54.6 Å². The summed E-state index contributed by atoms with van der Waals surface area (Å²) >= 11 is 0. The second-order valence-corrected chi connectivity index (χ2v) is 5.34. The van der Waals surface area contributed by atoms with Gasteiger partial charge in [0, 0.05) is 24.7 Å². The van der Waals surface area contributed by atoms with Crippen molar-refractivity contribution in [1.29, 1.82) is 0 Å². The van der Waals surface area contributed by atoms with E-state index < -0.39 is 0 Å². The number of benzene rings is 2. The molecule has 23 heavy (non-hydrogen) atoms. The Morgan fingerprint density at radius 2 is 1.96 bits per heavy atom. The maximum Gasteiger partial charge on any atom is 0.338 e. The molecule has 4 nitrogen and oxygen atoms in total. The Bertz CT molecular complexity index is 859. The number of aromatic nitrogens is 1. The number of aryl methyl sites for hydroxylation is 1. The van der Waals surface area contributed by atoms with Gasteiger partial charge in [-0.2, -0.15) is 0 Å². The van der Waals surface area contributed by atoms with Crippen LogP contribution in [0.4, 0.5) is 11.4 Å². The highest BCUT2D eigenvalue weighted by atomic mass is 16.5. The average Bonchev–Trinajstić information content (AvgIpc) is 2.55. The molecule has 0 aliphatic carbocycles. The van der Waals surface area contributed by atoms with Crippen molar-refractivity contribution in [3.05, 3.63) is 65.9 Å². The molecule has 0 radical (unpaired) electrons. The molecule has 0 amide bonds. The molecule has 0 saturated heterocycles. The Morgan fingerprint density at radius 1 is 1.13 bits per heavy atom. The van der Waals surface area contributed by atoms with Gasteiger partial charge >= 0.3 is 5.97 Å². The van der Waals surface area contributed by atoms with Crippen molar-refractivity contribution in [2.24, 2.45) is 0 Å². The summed E-state index contributed by atoms with van der Waals surface area (Å²) in [5.41, 5.74) is 4.52. The first-order chi connectivity index (χ1) is 11.2. The van der Waals surface area contributed by atoms with Gasteiger partial charge in [-0.05, 0) is 31.2 Å². The topological polar surface area (TPSA) is 52.5 Å². The van der Waals surface area contributed by atoms with E-state index in [9.17, 15) is 4.79 Å². The second-order valence-electron chi connectivity index (χ2n) is 5.34. The van der Waals surface area contributed by atoms with Crippen LogP contribution in [-0.2, 0) is 4.74 Å². The quantitative estimate of drug-likeness (QED) is 0.744. The van der Waals surface area contributed by atoms with Gasteiger partial charge in [-0.3, -0.25) is 0 Å². The molecule has 0 bridgehead atoms. The van der Waals surface area contributed by atoms with Crippen LogP contribution < -0.4 is 10.3 Å².